The molecule has 0 atom stereocenters. The number of imidazole rings is 1. The van der Waals surface area contributed by atoms with Crippen LogP contribution in [-0.2, 0) is 13.5 Å². The molecule has 96 valence electrons. The number of aromatic nitrogens is 4. The van der Waals surface area contributed by atoms with E-state index < -0.39 is 6.98 Å². The van der Waals surface area contributed by atoms with Crippen LogP contribution < -0.4 is 4.57 Å². The van der Waals surface area contributed by atoms with Crippen LogP contribution in [-0.4, -0.2) is 14.5 Å². The maximum Gasteiger partial charge on any atom is 0.291 e. The summed E-state index contributed by atoms with van der Waals surface area (Å²) >= 11 is 1.61. The maximum absolute atomic E-state index is 8.05. The number of hydrogen-bond acceptors (Lipinski definition) is 3. The van der Waals surface area contributed by atoms with E-state index in [-0.39, 0.29) is 0 Å². The van der Waals surface area contributed by atoms with Gasteiger partial charge in [0.1, 0.15) is 6.54 Å². The highest BCUT2D eigenvalue weighted by Gasteiger charge is 2.34. The molecule has 0 N–H and O–H groups in total. The number of thiophene rings is 1. The molecule has 5 rings (SSSR count). The largest absolute Gasteiger partial charge is 0.291 e. The van der Waals surface area contributed by atoms with E-state index in [0.717, 1.165) is 37.4 Å². The third-order valence-corrected chi connectivity index (χ3v) is 5.04. The van der Waals surface area contributed by atoms with Crippen molar-refractivity contribution in [2.45, 2.75) is 6.54 Å². The topological polar surface area (TPSA) is 34.6 Å². The molecule has 1 aliphatic heterocycles. The van der Waals surface area contributed by atoms with Gasteiger partial charge in [0.2, 0.25) is 4.83 Å². The first kappa shape index (κ1) is 8.11. The fraction of sp³-hybridized carbons (Fsp3) is 0.133. The molecule has 0 aromatic carbocycles. The molecular weight excluding hydrogens is 268 g/mol. The van der Waals surface area contributed by atoms with Gasteiger partial charge < -0.3 is 0 Å². The van der Waals surface area contributed by atoms with Crippen LogP contribution in [0.4, 0.5) is 0 Å². The second-order valence-corrected chi connectivity index (χ2v) is 5.94. The Morgan fingerprint density at radius 3 is 3.15 bits per heavy atom. The molecule has 0 aliphatic carbocycles. The van der Waals surface area contributed by atoms with Crippen molar-refractivity contribution in [2.24, 2.45) is 6.98 Å². The predicted molar refractivity (Wildman–Crippen MR) is 78.6 cm³/mol. The maximum atomic E-state index is 8.05. The predicted octanol–water partition coefficient (Wildman–Crippen LogP) is 2.50. The summed E-state index contributed by atoms with van der Waals surface area (Å²) in [5.41, 5.74) is 2.74. The Morgan fingerprint density at radius 2 is 2.20 bits per heavy atom. The average Bonchev–Trinajstić information content (AvgIpc) is 3.13. The first-order valence-electron chi connectivity index (χ1n) is 7.80. The molecule has 5 heteroatoms. The zero-order valence-electron chi connectivity index (χ0n) is 13.4. The van der Waals surface area contributed by atoms with Gasteiger partial charge in [-0.1, -0.05) is 11.3 Å². The molecule has 0 amide bonds. The van der Waals surface area contributed by atoms with E-state index in [1.54, 1.807) is 29.9 Å². The van der Waals surface area contributed by atoms with E-state index in [1.807, 2.05) is 18.3 Å². The van der Waals surface area contributed by atoms with Crippen molar-refractivity contribution in [1.82, 2.24) is 14.5 Å². The van der Waals surface area contributed by atoms with Crippen molar-refractivity contribution >= 4 is 31.8 Å². The summed E-state index contributed by atoms with van der Waals surface area (Å²) in [4.78, 5) is 9.31. The SMILES string of the molecule is [2H]C([2H])([2H])n1c2[n+](c3sc4ccncc4c31)Cc1cnccc1-2. The van der Waals surface area contributed by atoms with Gasteiger partial charge >= 0.3 is 0 Å². The second kappa shape index (κ2) is 3.43. The molecule has 4 nitrogen and oxygen atoms in total. The van der Waals surface area contributed by atoms with E-state index >= 15 is 0 Å². The van der Waals surface area contributed by atoms with Gasteiger partial charge in [-0.15, -0.1) is 0 Å². The number of rotatable bonds is 0. The van der Waals surface area contributed by atoms with Crippen LogP contribution in [0.25, 0.3) is 31.8 Å². The van der Waals surface area contributed by atoms with Crippen LogP contribution in [0.15, 0.2) is 36.9 Å². The van der Waals surface area contributed by atoms with Crippen molar-refractivity contribution in [3.63, 3.8) is 0 Å². The number of nitrogens with zero attached hydrogens (tertiary/aromatic N) is 4. The lowest BCUT2D eigenvalue weighted by atomic mass is 10.2. The number of hydrogen-bond donors (Lipinski definition) is 0. The average molecular weight is 282 g/mol. The quantitative estimate of drug-likeness (QED) is 0.409. The molecule has 0 fully saturated rings. The summed E-state index contributed by atoms with van der Waals surface area (Å²) in [5.74, 6) is 0.731. The molecule has 0 bridgehead atoms. The van der Waals surface area contributed by atoms with Crippen molar-refractivity contribution in [1.29, 1.82) is 0 Å². The van der Waals surface area contributed by atoms with E-state index in [0.29, 0.717) is 6.54 Å². The van der Waals surface area contributed by atoms with Gasteiger partial charge in [0, 0.05) is 35.1 Å². The summed E-state index contributed by atoms with van der Waals surface area (Å²) < 4.78 is 28.8. The summed E-state index contributed by atoms with van der Waals surface area (Å²) in [7, 11) is 0. The Bertz CT molecular complexity index is 1090. The minimum atomic E-state index is -2.26. The van der Waals surface area contributed by atoms with Crippen LogP contribution in [0, 0.1) is 0 Å². The number of pyridine rings is 2. The summed E-state index contributed by atoms with van der Waals surface area (Å²) in [6.07, 6.45) is 7.01. The Balaban J connectivity index is 2.01. The van der Waals surface area contributed by atoms with Gasteiger partial charge in [0.25, 0.3) is 5.82 Å². The second-order valence-electron chi connectivity index (χ2n) is 4.91. The molecule has 4 aromatic heterocycles. The highest BCUT2D eigenvalue weighted by Crippen LogP contribution is 2.37. The lowest BCUT2D eigenvalue weighted by molar-refractivity contribution is -0.644. The van der Waals surface area contributed by atoms with Crippen molar-refractivity contribution in [2.75, 3.05) is 0 Å². The smallest absolute Gasteiger partial charge is 0.264 e. The van der Waals surface area contributed by atoms with Crippen LogP contribution in [0.3, 0.4) is 0 Å². The molecule has 5 heterocycles. The summed E-state index contributed by atoms with van der Waals surface area (Å²) in [6.45, 7) is -1.61. The lowest BCUT2D eigenvalue weighted by Gasteiger charge is -1.94. The van der Waals surface area contributed by atoms with Crippen molar-refractivity contribution in [3.8, 4) is 11.4 Å². The summed E-state index contributed by atoms with van der Waals surface area (Å²) in [6, 6.07) is 3.82. The molecule has 0 unspecified atom stereocenters. The normalized spacial score (nSPS) is 15.9. The van der Waals surface area contributed by atoms with E-state index in [9.17, 15) is 0 Å². The molecule has 0 spiro atoms. The standard InChI is InChI=1S/C15H11N4S/c1-18-13-11-7-17-5-3-12(11)20-15(13)19-8-9-6-16-4-2-10(9)14(18)19/h2-7H,8H2,1H3/q+1/i1D3. The fourth-order valence-corrected chi connectivity index (χ4v) is 4.15. The third kappa shape index (κ3) is 1.10. The lowest BCUT2D eigenvalue weighted by Crippen LogP contribution is -2.30. The van der Waals surface area contributed by atoms with Crippen LogP contribution in [0.1, 0.15) is 9.68 Å². The van der Waals surface area contributed by atoms with Gasteiger partial charge in [-0.2, -0.15) is 0 Å². The summed E-state index contributed by atoms with van der Waals surface area (Å²) in [5, 5.41) is 0.890. The molecule has 0 saturated carbocycles. The number of aryl methyl sites for hydroxylation is 1. The van der Waals surface area contributed by atoms with Gasteiger partial charge in [-0.05, 0) is 12.1 Å². The van der Waals surface area contributed by atoms with Gasteiger partial charge in [-0.3, -0.25) is 9.97 Å². The Morgan fingerprint density at radius 1 is 1.30 bits per heavy atom. The van der Waals surface area contributed by atoms with Gasteiger partial charge in [0.05, 0.1) is 22.0 Å². The third-order valence-electron chi connectivity index (χ3n) is 3.85. The van der Waals surface area contributed by atoms with Gasteiger partial charge in [-0.25, -0.2) is 9.13 Å². The monoisotopic (exact) mass is 282 g/mol. The zero-order chi connectivity index (χ0) is 15.8. The molecule has 0 saturated heterocycles. The number of fused-ring (bicyclic) bond motifs is 7. The zero-order valence-corrected chi connectivity index (χ0v) is 11.2. The molecule has 1 aliphatic rings. The van der Waals surface area contributed by atoms with Gasteiger partial charge in [0.15, 0.2) is 5.52 Å². The minimum Gasteiger partial charge on any atom is -0.264 e. The van der Waals surface area contributed by atoms with E-state index in [4.69, 9.17) is 4.11 Å². The minimum absolute atomic E-state index is 0.651. The molecule has 0 radical (unpaired) electrons. The van der Waals surface area contributed by atoms with Crippen LogP contribution >= 0.6 is 11.3 Å². The molecular formula is C15H11N4S+. The first-order valence-corrected chi connectivity index (χ1v) is 7.12. The molecule has 20 heavy (non-hydrogen) atoms. The van der Waals surface area contributed by atoms with Crippen molar-refractivity contribution < 1.29 is 8.68 Å². The van der Waals surface area contributed by atoms with Crippen LogP contribution in [0.5, 0.6) is 0 Å². The first-order chi connectivity index (χ1) is 11.1. The highest BCUT2D eigenvalue weighted by atomic mass is 32.1. The Hall–Kier alpha value is -2.27. The van der Waals surface area contributed by atoms with E-state index in [2.05, 4.69) is 14.5 Å². The van der Waals surface area contributed by atoms with E-state index in [1.165, 1.54) is 4.57 Å². The highest BCUT2D eigenvalue weighted by molar-refractivity contribution is 7.25. The Kier molecular flexibility index (Phi) is 1.39. The fourth-order valence-electron chi connectivity index (χ4n) is 2.99. The van der Waals surface area contributed by atoms with Crippen molar-refractivity contribution in [3.05, 3.63) is 42.5 Å². The Labute approximate surface area is 123 Å². The molecule has 4 aromatic rings. The van der Waals surface area contributed by atoms with Crippen LogP contribution in [0.2, 0.25) is 0 Å².